The largest absolute Gasteiger partial charge is 0.416 e. The molecule has 6 heteroatoms. The molecule has 1 atom stereocenters. The van der Waals surface area contributed by atoms with E-state index in [0.717, 1.165) is 31.2 Å². The lowest BCUT2D eigenvalue weighted by Gasteiger charge is -2.16. The lowest BCUT2D eigenvalue weighted by molar-refractivity contribution is 0.227. The minimum absolute atomic E-state index is 0.208. The van der Waals surface area contributed by atoms with Crippen LogP contribution in [0.3, 0.4) is 0 Å². The van der Waals surface area contributed by atoms with Crippen LogP contribution in [0.25, 0.3) is 11.3 Å². The van der Waals surface area contributed by atoms with Crippen LogP contribution >= 0.6 is 23.4 Å². The van der Waals surface area contributed by atoms with E-state index in [4.69, 9.17) is 16.3 Å². The van der Waals surface area contributed by atoms with E-state index in [2.05, 4.69) is 24.0 Å². The number of carbonyl (C=O) groups is 1. The SMILES string of the molecule is CCCCCCCC(CCCCCC)SC(=O)Oc1cc(Cl)nnc1-c1ccccc1. The summed E-state index contributed by atoms with van der Waals surface area (Å²) in [5.74, 6) is 0.358. The molecule has 1 unspecified atom stereocenters. The van der Waals surface area contributed by atoms with Crippen LogP contribution in [0.1, 0.15) is 84.5 Å². The van der Waals surface area contributed by atoms with Crippen molar-refractivity contribution in [2.75, 3.05) is 0 Å². The van der Waals surface area contributed by atoms with Gasteiger partial charge in [0.1, 0.15) is 5.69 Å². The van der Waals surface area contributed by atoms with Crippen LogP contribution in [-0.2, 0) is 0 Å². The quantitative estimate of drug-likeness (QED) is 0.207. The monoisotopic (exact) mass is 462 g/mol. The van der Waals surface area contributed by atoms with E-state index >= 15 is 0 Å². The van der Waals surface area contributed by atoms with E-state index in [1.807, 2.05) is 30.3 Å². The maximum Gasteiger partial charge on any atom is 0.373 e. The van der Waals surface area contributed by atoms with Gasteiger partial charge in [0, 0.05) is 16.9 Å². The van der Waals surface area contributed by atoms with Crippen molar-refractivity contribution in [3.63, 3.8) is 0 Å². The van der Waals surface area contributed by atoms with E-state index in [0.29, 0.717) is 11.4 Å². The zero-order valence-corrected chi connectivity index (χ0v) is 20.4. The van der Waals surface area contributed by atoms with E-state index < -0.39 is 0 Å². The Balaban J connectivity index is 1.99. The topological polar surface area (TPSA) is 52.1 Å². The van der Waals surface area contributed by atoms with Gasteiger partial charge in [0.05, 0.1) is 0 Å². The Morgan fingerprint density at radius 3 is 2.19 bits per heavy atom. The Morgan fingerprint density at radius 2 is 1.55 bits per heavy atom. The molecule has 4 nitrogen and oxygen atoms in total. The van der Waals surface area contributed by atoms with E-state index in [-0.39, 0.29) is 15.7 Å². The fraction of sp³-hybridized carbons (Fsp3) is 0.560. The van der Waals surface area contributed by atoms with Gasteiger partial charge in [-0.3, -0.25) is 0 Å². The second-order valence-corrected chi connectivity index (χ2v) is 9.51. The number of nitrogens with zero attached hydrogens (tertiary/aromatic N) is 2. The van der Waals surface area contributed by atoms with Gasteiger partial charge in [-0.1, -0.05) is 114 Å². The first-order chi connectivity index (χ1) is 15.1. The summed E-state index contributed by atoms with van der Waals surface area (Å²) in [6, 6.07) is 11.1. The molecule has 0 N–H and O–H groups in total. The zero-order chi connectivity index (χ0) is 22.3. The fourth-order valence-corrected chi connectivity index (χ4v) is 4.63. The van der Waals surface area contributed by atoms with Crippen molar-refractivity contribution in [1.82, 2.24) is 10.2 Å². The predicted octanol–water partition coefficient (Wildman–Crippen LogP) is 8.73. The zero-order valence-electron chi connectivity index (χ0n) is 18.8. The molecule has 170 valence electrons. The molecule has 0 bridgehead atoms. The normalized spacial score (nSPS) is 12.0. The van der Waals surface area contributed by atoms with Gasteiger partial charge in [0.25, 0.3) is 0 Å². The summed E-state index contributed by atoms with van der Waals surface area (Å²) in [6.45, 7) is 4.45. The van der Waals surface area contributed by atoms with E-state index in [1.165, 1.54) is 56.7 Å². The standard InChI is InChI=1S/C25H35ClN2O2S/c1-3-5-7-9-14-18-21(17-13-8-6-4-2)31-25(29)30-22-19-23(26)27-28-24(22)20-15-11-10-12-16-20/h10-12,15-16,19,21H,3-9,13-14,17-18H2,1-2H3. The highest BCUT2D eigenvalue weighted by Crippen LogP contribution is 2.32. The maximum atomic E-state index is 12.8. The highest BCUT2D eigenvalue weighted by atomic mass is 35.5. The summed E-state index contributed by atoms with van der Waals surface area (Å²) >= 11 is 7.35. The summed E-state index contributed by atoms with van der Waals surface area (Å²) in [6.07, 6.45) is 13.2. The van der Waals surface area contributed by atoms with Gasteiger partial charge in [0.15, 0.2) is 10.9 Å². The second-order valence-electron chi connectivity index (χ2n) is 7.89. The molecular weight excluding hydrogens is 428 g/mol. The summed E-state index contributed by atoms with van der Waals surface area (Å²) in [7, 11) is 0. The number of benzene rings is 1. The molecule has 1 heterocycles. The molecule has 0 saturated carbocycles. The molecule has 0 fully saturated rings. The highest BCUT2D eigenvalue weighted by Gasteiger charge is 2.19. The van der Waals surface area contributed by atoms with Crippen LogP contribution in [0.5, 0.6) is 5.75 Å². The molecule has 0 saturated heterocycles. The molecule has 31 heavy (non-hydrogen) atoms. The van der Waals surface area contributed by atoms with Crippen molar-refractivity contribution in [3.05, 3.63) is 41.6 Å². The average Bonchev–Trinajstić information content (AvgIpc) is 2.77. The van der Waals surface area contributed by atoms with Gasteiger partial charge in [-0.25, -0.2) is 4.79 Å². The van der Waals surface area contributed by atoms with Crippen LogP contribution in [0.15, 0.2) is 36.4 Å². The van der Waals surface area contributed by atoms with Crippen LogP contribution in [0, 0.1) is 0 Å². The minimum atomic E-state index is -0.296. The van der Waals surface area contributed by atoms with Gasteiger partial charge in [0.2, 0.25) is 0 Å². The number of unbranched alkanes of at least 4 members (excludes halogenated alkanes) is 7. The third-order valence-corrected chi connectivity index (χ3v) is 6.51. The molecule has 2 rings (SSSR count). The Bertz CT molecular complexity index is 773. The smallest absolute Gasteiger partial charge is 0.373 e. The van der Waals surface area contributed by atoms with E-state index in [9.17, 15) is 4.79 Å². The third kappa shape index (κ3) is 10.0. The molecule has 0 aliphatic rings. The molecule has 2 aromatic rings. The Kier molecular flexibility index (Phi) is 12.6. The molecule has 0 aliphatic heterocycles. The molecule has 0 radical (unpaired) electrons. The number of aromatic nitrogens is 2. The number of ether oxygens (including phenoxy) is 1. The number of hydrogen-bond donors (Lipinski definition) is 0. The van der Waals surface area contributed by atoms with Crippen molar-refractivity contribution in [3.8, 4) is 17.0 Å². The second kappa shape index (κ2) is 15.3. The Labute approximate surface area is 196 Å². The lowest BCUT2D eigenvalue weighted by atomic mass is 10.0. The van der Waals surface area contributed by atoms with Gasteiger partial charge in [-0.2, -0.15) is 0 Å². The molecular formula is C25H35ClN2O2S. The molecule has 1 aromatic carbocycles. The van der Waals surface area contributed by atoms with Crippen molar-refractivity contribution in [2.24, 2.45) is 0 Å². The van der Waals surface area contributed by atoms with Crippen LogP contribution in [-0.4, -0.2) is 20.7 Å². The average molecular weight is 463 g/mol. The first kappa shape index (κ1) is 25.7. The van der Waals surface area contributed by atoms with E-state index in [1.54, 1.807) is 6.07 Å². The highest BCUT2D eigenvalue weighted by molar-refractivity contribution is 8.13. The van der Waals surface area contributed by atoms with Crippen molar-refractivity contribution >= 4 is 28.7 Å². The fourth-order valence-electron chi connectivity index (χ4n) is 3.51. The van der Waals surface area contributed by atoms with Gasteiger partial charge in [-0.05, 0) is 24.6 Å². The molecule has 0 amide bonds. The summed E-state index contributed by atoms with van der Waals surface area (Å²) in [4.78, 5) is 12.8. The summed E-state index contributed by atoms with van der Waals surface area (Å²) in [5, 5.41) is 8.29. The number of halogens is 1. The summed E-state index contributed by atoms with van der Waals surface area (Å²) in [5.41, 5.74) is 1.37. The van der Waals surface area contributed by atoms with Crippen LogP contribution in [0.4, 0.5) is 4.79 Å². The van der Waals surface area contributed by atoms with Gasteiger partial charge < -0.3 is 4.74 Å². The number of thioether (sulfide) groups is 1. The van der Waals surface area contributed by atoms with Gasteiger partial charge in [-0.15, -0.1) is 10.2 Å². The Morgan fingerprint density at radius 1 is 0.935 bits per heavy atom. The third-order valence-electron chi connectivity index (χ3n) is 5.24. The number of carbonyl (C=O) groups excluding carboxylic acids is 1. The number of hydrogen-bond acceptors (Lipinski definition) is 5. The number of rotatable bonds is 14. The van der Waals surface area contributed by atoms with Crippen LogP contribution < -0.4 is 4.74 Å². The van der Waals surface area contributed by atoms with Crippen LogP contribution in [0.2, 0.25) is 5.15 Å². The first-order valence-corrected chi connectivity index (χ1v) is 12.9. The molecule has 1 aromatic heterocycles. The van der Waals surface area contributed by atoms with Gasteiger partial charge >= 0.3 is 5.30 Å². The van der Waals surface area contributed by atoms with Crippen molar-refractivity contribution in [2.45, 2.75) is 89.7 Å². The minimum Gasteiger partial charge on any atom is -0.416 e. The lowest BCUT2D eigenvalue weighted by Crippen LogP contribution is -2.11. The molecule has 0 spiro atoms. The maximum absolute atomic E-state index is 12.8. The first-order valence-electron chi connectivity index (χ1n) is 11.6. The van der Waals surface area contributed by atoms with Crippen molar-refractivity contribution < 1.29 is 9.53 Å². The molecule has 0 aliphatic carbocycles. The summed E-state index contributed by atoms with van der Waals surface area (Å²) < 4.78 is 5.72. The Hall–Kier alpha value is -1.59. The van der Waals surface area contributed by atoms with Crippen molar-refractivity contribution in [1.29, 1.82) is 0 Å². The predicted molar refractivity (Wildman–Crippen MR) is 132 cm³/mol.